The molecule has 1 atom stereocenters. The largest absolute Gasteiger partial charge is 0.480 e. The molecule has 1 unspecified atom stereocenters. The van der Waals surface area contributed by atoms with E-state index in [9.17, 15) is 9.59 Å². The molecule has 0 saturated carbocycles. The van der Waals surface area contributed by atoms with Crippen molar-refractivity contribution in [1.82, 2.24) is 9.78 Å². The van der Waals surface area contributed by atoms with Crippen molar-refractivity contribution in [2.45, 2.75) is 46.2 Å². The van der Waals surface area contributed by atoms with Crippen LogP contribution in [0, 0.1) is 0 Å². The van der Waals surface area contributed by atoms with Gasteiger partial charge in [0.2, 0.25) is 0 Å². The Morgan fingerprint density at radius 1 is 1.32 bits per heavy atom. The van der Waals surface area contributed by atoms with Crippen molar-refractivity contribution >= 4 is 17.4 Å². The number of ether oxygens (including phenoxy) is 1. The summed E-state index contributed by atoms with van der Waals surface area (Å²) < 4.78 is 7.34. The van der Waals surface area contributed by atoms with Gasteiger partial charge in [0.1, 0.15) is 0 Å². The number of hydrogen-bond acceptors (Lipinski definition) is 4. The van der Waals surface area contributed by atoms with Crippen molar-refractivity contribution in [1.29, 1.82) is 0 Å². The average molecular weight is 341 g/mol. The fraction of sp³-hybridized carbons (Fsp3) is 0.421. The Labute approximate surface area is 147 Å². The van der Waals surface area contributed by atoms with Gasteiger partial charge in [-0.05, 0) is 38.8 Å². The molecule has 1 amide bonds. The summed E-state index contributed by atoms with van der Waals surface area (Å²) in [5.74, 6) is 0.0562. The van der Waals surface area contributed by atoms with E-state index in [0.29, 0.717) is 5.75 Å². The molecule has 1 aromatic heterocycles. The maximum Gasteiger partial charge on any atom is 0.265 e. The van der Waals surface area contributed by atoms with E-state index in [2.05, 4.69) is 5.10 Å². The van der Waals surface area contributed by atoms with E-state index in [4.69, 9.17) is 4.74 Å². The molecule has 0 spiro atoms. The summed E-state index contributed by atoms with van der Waals surface area (Å²) in [5.41, 5.74) is 2.37. The fourth-order valence-corrected chi connectivity index (χ4v) is 3.14. The van der Waals surface area contributed by atoms with Crippen LogP contribution in [0.4, 0.5) is 5.69 Å². The number of ketones is 1. The summed E-state index contributed by atoms with van der Waals surface area (Å²) in [6, 6.07) is 8.11. The molecule has 0 saturated heterocycles. The molecule has 0 fully saturated rings. The minimum Gasteiger partial charge on any atom is -0.480 e. The van der Waals surface area contributed by atoms with Crippen LogP contribution >= 0.6 is 0 Å². The standard InChI is InChI=1S/C19H23N3O3/c1-12(2)21-10-17(19(20-21)14(4)23)25-11-18(24)22-13(3)9-15-7-5-6-8-16(15)22/h5-8,10,12-13H,9,11H2,1-4H3. The lowest BCUT2D eigenvalue weighted by Crippen LogP contribution is -2.39. The Balaban J connectivity index is 1.76. The highest BCUT2D eigenvalue weighted by Crippen LogP contribution is 2.32. The number of benzene rings is 1. The van der Waals surface area contributed by atoms with Gasteiger partial charge in [-0.15, -0.1) is 0 Å². The molecular weight excluding hydrogens is 318 g/mol. The summed E-state index contributed by atoms with van der Waals surface area (Å²) in [5, 5.41) is 4.25. The molecule has 2 heterocycles. The normalized spacial score (nSPS) is 16.2. The van der Waals surface area contributed by atoms with Crippen LogP contribution in [-0.2, 0) is 11.2 Å². The first kappa shape index (κ1) is 17.2. The third-order valence-corrected chi connectivity index (χ3v) is 4.39. The third-order valence-electron chi connectivity index (χ3n) is 4.39. The highest BCUT2D eigenvalue weighted by atomic mass is 16.5. The topological polar surface area (TPSA) is 64.4 Å². The van der Waals surface area contributed by atoms with Gasteiger partial charge in [-0.1, -0.05) is 18.2 Å². The zero-order valence-corrected chi connectivity index (χ0v) is 15.0. The van der Waals surface area contributed by atoms with Crippen LogP contribution in [0.2, 0.25) is 0 Å². The molecule has 6 heteroatoms. The highest BCUT2D eigenvalue weighted by Gasteiger charge is 2.31. The monoisotopic (exact) mass is 341 g/mol. The van der Waals surface area contributed by atoms with Crippen LogP contribution in [0.5, 0.6) is 5.75 Å². The zero-order chi connectivity index (χ0) is 18.1. The molecule has 1 aliphatic rings. The first-order valence-corrected chi connectivity index (χ1v) is 8.51. The number of para-hydroxylation sites is 1. The number of Topliss-reactive ketones (excluding diaryl/α,β-unsaturated/α-hetero) is 1. The summed E-state index contributed by atoms with van der Waals surface area (Å²) in [7, 11) is 0. The quantitative estimate of drug-likeness (QED) is 0.784. The Hall–Kier alpha value is -2.63. The smallest absolute Gasteiger partial charge is 0.265 e. The lowest BCUT2D eigenvalue weighted by atomic mass is 10.1. The maximum absolute atomic E-state index is 12.7. The summed E-state index contributed by atoms with van der Waals surface area (Å²) in [6.45, 7) is 7.28. The van der Waals surface area contributed by atoms with E-state index in [1.165, 1.54) is 12.5 Å². The number of fused-ring (bicyclic) bond motifs is 1. The van der Waals surface area contributed by atoms with Crippen molar-refractivity contribution in [3.63, 3.8) is 0 Å². The van der Waals surface area contributed by atoms with Crippen molar-refractivity contribution in [2.24, 2.45) is 0 Å². The van der Waals surface area contributed by atoms with Crippen molar-refractivity contribution in [2.75, 3.05) is 11.5 Å². The molecule has 2 aromatic rings. The van der Waals surface area contributed by atoms with Crippen LogP contribution in [0.3, 0.4) is 0 Å². The second-order valence-electron chi connectivity index (χ2n) is 6.71. The van der Waals surface area contributed by atoms with Crippen molar-refractivity contribution in [3.8, 4) is 5.75 Å². The van der Waals surface area contributed by atoms with E-state index in [1.807, 2.05) is 45.0 Å². The van der Waals surface area contributed by atoms with E-state index in [-0.39, 0.29) is 36.1 Å². The van der Waals surface area contributed by atoms with Gasteiger partial charge in [-0.2, -0.15) is 5.10 Å². The number of rotatable bonds is 5. The van der Waals surface area contributed by atoms with Crippen molar-refractivity contribution < 1.29 is 14.3 Å². The molecule has 0 radical (unpaired) electrons. The molecular formula is C19H23N3O3. The molecule has 3 rings (SSSR count). The van der Waals surface area contributed by atoms with Gasteiger partial charge in [0.05, 0.1) is 6.20 Å². The van der Waals surface area contributed by atoms with Crippen LogP contribution < -0.4 is 9.64 Å². The molecule has 1 aliphatic heterocycles. The predicted octanol–water partition coefficient (Wildman–Crippen LogP) is 3.02. The number of carbonyl (C=O) groups excluding carboxylic acids is 2. The Bertz CT molecular complexity index is 810. The van der Waals surface area contributed by atoms with Crippen molar-refractivity contribution in [3.05, 3.63) is 41.7 Å². The van der Waals surface area contributed by atoms with Crippen LogP contribution in [0.1, 0.15) is 49.8 Å². The molecule has 1 aromatic carbocycles. The number of carbonyl (C=O) groups is 2. The third kappa shape index (κ3) is 3.29. The Morgan fingerprint density at radius 2 is 2.04 bits per heavy atom. The van der Waals surface area contributed by atoms with Gasteiger partial charge in [0.15, 0.2) is 23.8 Å². The minimum atomic E-state index is -0.179. The molecule has 132 valence electrons. The zero-order valence-electron chi connectivity index (χ0n) is 15.0. The van der Waals surface area contributed by atoms with Crippen LogP contribution in [-0.4, -0.2) is 34.1 Å². The Morgan fingerprint density at radius 3 is 2.72 bits per heavy atom. The van der Waals surface area contributed by atoms with Crippen LogP contribution in [0.25, 0.3) is 0 Å². The number of amides is 1. The lowest BCUT2D eigenvalue weighted by Gasteiger charge is -2.22. The first-order valence-electron chi connectivity index (χ1n) is 8.51. The highest BCUT2D eigenvalue weighted by molar-refractivity contribution is 5.98. The van der Waals surface area contributed by atoms with Gasteiger partial charge in [0.25, 0.3) is 5.91 Å². The first-order chi connectivity index (χ1) is 11.9. The molecule has 25 heavy (non-hydrogen) atoms. The molecule has 0 aliphatic carbocycles. The van der Waals surface area contributed by atoms with E-state index < -0.39 is 0 Å². The van der Waals surface area contributed by atoms with Gasteiger partial charge in [0, 0.05) is 24.7 Å². The Kier molecular flexibility index (Phi) is 4.61. The van der Waals surface area contributed by atoms with E-state index >= 15 is 0 Å². The van der Waals surface area contributed by atoms with Gasteiger partial charge >= 0.3 is 0 Å². The molecule has 0 bridgehead atoms. The number of hydrogen-bond donors (Lipinski definition) is 0. The summed E-state index contributed by atoms with van der Waals surface area (Å²) in [6.07, 6.45) is 2.52. The van der Waals surface area contributed by atoms with E-state index in [1.54, 1.807) is 15.8 Å². The number of aromatic nitrogens is 2. The van der Waals surface area contributed by atoms with E-state index in [0.717, 1.165) is 12.1 Å². The maximum atomic E-state index is 12.7. The van der Waals surface area contributed by atoms with Gasteiger partial charge in [-0.3, -0.25) is 14.3 Å². The lowest BCUT2D eigenvalue weighted by molar-refractivity contribution is -0.120. The van der Waals surface area contributed by atoms with Gasteiger partial charge < -0.3 is 9.64 Å². The SMILES string of the molecule is CC(=O)c1nn(C(C)C)cc1OCC(=O)N1c2ccccc2CC1C. The second kappa shape index (κ2) is 6.70. The summed E-state index contributed by atoms with van der Waals surface area (Å²) >= 11 is 0. The summed E-state index contributed by atoms with van der Waals surface area (Å²) in [4.78, 5) is 26.2. The van der Waals surface area contributed by atoms with Gasteiger partial charge in [-0.25, -0.2) is 0 Å². The predicted molar refractivity (Wildman–Crippen MR) is 95.2 cm³/mol. The minimum absolute atomic E-state index is 0.0964. The number of anilines is 1. The second-order valence-corrected chi connectivity index (χ2v) is 6.71. The van der Waals surface area contributed by atoms with Crippen LogP contribution in [0.15, 0.2) is 30.5 Å². The number of nitrogens with zero attached hydrogens (tertiary/aromatic N) is 3. The fourth-order valence-electron chi connectivity index (χ4n) is 3.14. The molecule has 6 nitrogen and oxygen atoms in total. The molecule has 0 N–H and O–H groups in total. The average Bonchev–Trinajstić information content (AvgIpc) is 3.13.